The van der Waals surface area contributed by atoms with E-state index < -0.39 is 11.8 Å². The fourth-order valence-corrected chi connectivity index (χ4v) is 1.53. The minimum atomic E-state index is -0.503. The molecule has 7 nitrogen and oxygen atoms in total. The molecular weight excluding hydrogens is 282 g/mol. The average Bonchev–Trinajstić information content (AvgIpc) is 2.94. The SMILES string of the molecule is CCc1cc(C(=O)NNC(=O)c2ccc(Cl)nc2)n[nH]1. The quantitative estimate of drug-likeness (QED) is 0.583. The Labute approximate surface area is 119 Å². The molecule has 0 saturated heterocycles. The number of aromatic amines is 1. The Morgan fingerprint density at radius 1 is 1.30 bits per heavy atom. The fourth-order valence-electron chi connectivity index (χ4n) is 1.42. The van der Waals surface area contributed by atoms with Gasteiger partial charge in [-0.1, -0.05) is 18.5 Å². The summed E-state index contributed by atoms with van der Waals surface area (Å²) in [5.41, 5.74) is 5.86. The van der Waals surface area contributed by atoms with E-state index in [0.29, 0.717) is 0 Å². The molecule has 0 bridgehead atoms. The summed E-state index contributed by atoms with van der Waals surface area (Å²) in [6, 6.07) is 4.60. The molecule has 2 amide bonds. The van der Waals surface area contributed by atoms with Gasteiger partial charge >= 0.3 is 0 Å². The summed E-state index contributed by atoms with van der Waals surface area (Å²) >= 11 is 5.62. The molecule has 2 aromatic rings. The molecule has 0 saturated carbocycles. The molecule has 20 heavy (non-hydrogen) atoms. The zero-order chi connectivity index (χ0) is 14.5. The smallest absolute Gasteiger partial charge is 0.282 e. The first-order valence-electron chi connectivity index (χ1n) is 5.86. The summed E-state index contributed by atoms with van der Waals surface area (Å²) in [7, 11) is 0. The largest absolute Gasteiger partial charge is 0.290 e. The standard InChI is InChI=1S/C12H12ClN5O2/c1-2-8-5-9(16-15-8)12(20)18-17-11(19)7-3-4-10(13)14-6-7/h3-6H,2H2,1H3,(H,15,16)(H,17,19)(H,18,20). The van der Waals surface area contributed by atoms with Crippen molar-refractivity contribution in [3.8, 4) is 0 Å². The number of carbonyl (C=O) groups is 2. The van der Waals surface area contributed by atoms with Crippen molar-refractivity contribution in [1.82, 2.24) is 26.0 Å². The third-order valence-corrected chi connectivity index (χ3v) is 2.75. The molecule has 0 spiro atoms. The molecule has 2 heterocycles. The first kappa shape index (κ1) is 14.0. The van der Waals surface area contributed by atoms with Crippen LogP contribution in [0.3, 0.4) is 0 Å². The third kappa shape index (κ3) is 3.33. The fraction of sp³-hybridized carbons (Fsp3) is 0.167. The molecule has 0 unspecified atom stereocenters. The Bertz CT molecular complexity index is 623. The summed E-state index contributed by atoms with van der Waals surface area (Å²) in [6.45, 7) is 1.94. The van der Waals surface area contributed by atoms with E-state index in [4.69, 9.17) is 11.6 Å². The van der Waals surface area contributed by atoms with Crippen LogP contribution in [0.15, 0.2) is 24.4 Å². The van der Waals surface area contributed by atoms with Crippen molar-refractivity contribution in [2.24, 2.45) is 0 Å². The van der Waals surface area contributed by atoms with Crippen LogP contribution in [0.25, 0.3) is 0 Å². The summed E-state index contributed by atoms with van der Waals surface area (Å²) < 4.78 is 0. The van der Waals surface area contributed by atoms with Gasteiger partial charge in [-0.2, -0.15) is 5.10 Å². The number of halogens is 1. The second-order valence-corrected chi connectivity index (χ2v) is 4.30. The third-order valence-electron chi connectivity index (χ3n) is 2.52. The molecule has 2 aromatic heterocycles. The highest BCUT2D eigenvalue weighted by Crippen LogP contribution is 2.04. The number of carbonyl (C=O) groups excluding carboxylic acids is 2. The van der Waals surface area contributed by atoms with Gasteiger partial charge in [-0.25, -0.2) is 4.98 Å². The predicted molar refractivity (Wildman–Crippen MR) is 72.1 cm³/mol. The van der Waals surface area contributed by atoms with Crippen LogP contribution in [0.5, 0.6) is 0 Å². The number of amides is 2. The molecule has 0 atom stereocenters. The number of pyridine rings is 1. The van der Waals surface area contributed by atoms with E-state index >= 15 is 0 Å². The van der Waals surface area contributed by atoms with Crippen LogP contribution < -0.4 is 10.9 Å². The van der Waals surface area contributed by atoms with Crippen molar-refractivity contribution in [1.29, 1.82) is 0 Å². The van der Waals surface area contributed by atoms with Gasteiger partial charge in [0.1, 0.15) is 5.15 Å². The Kier molecular flexibility index (Phi) is 4.31. The predicted octanol–water partition coefficient (Wildman–Crippen LogP) is 1.10. The van der Waals surface area contributed by atoms with Crippen LogP contribution >= 0.6 is 11.6 Å². The molecule has 3 N–H and O–H groups in total. The van der Waals surface area contributed by atoms with Crippen molar-refractivity contribution in [2.75, 3.05) is 0 Å². The number of hydrogen-bond donors (Lipinski definition) is 3. The number of hydrogen-bond acceptors (Lipinski definition) is 4. The lowest BCUT2D eigenvalue weighted by atomic mass is 10.3. The Balaban J connectivity index is 1.93. The maximum Gasteiger partial charge on any atom is 0.290 e. The molecule has 0 aliphatic carbocycles. The van der Waals surface area contributed by atoms with E-state index in [-0.39, 0.29) is 16.4 Å². The normalized spacial score (nSPS) is 10.1. The van der Waals surface area contributed by atoms with Crippen molar-refractivity contribution in [3.63, 3.8) is 0 Å². The number of hydrazine groups is 1. The zero-order valence-corrected chi connectivity index (χ0v) is 11.4. The highest BCUT2D eigenvalue weighted by atomic mass is 35.5. The monoisotopic (exact) mass is 293 g/mol. The van der Waals surface area contributed by atoms with E-state index in [9.17, 15) is 9.59 Å². The van der Waals surface area contributed by atoms with E-state index in [1.54, 1.807) is 6.07 Å². The highest BCUT2D eigenvalue weighted by Gasteiger charge is 2.12. The molecule has 8 heteroatoms. The Morgan fingerprint density at radius 3 is 2.65 bits per heavy atom. The van der Waals surface area contributed by atoms with Gasteiger partial charge in [-0.15, -0.1) is 0 Å². The van der Waals surface area contributed by atoms with Gasteiger partial charge in [0.2, 0.25) is 0 Å². The van der Waals surface area contributed by atoms with E-state index in [1.165, 1.54) is 18.3 Å². The lowest BCUT2D eigenvalue weighted by Gasteiger charge is -2.05. The van der Waals surface area contributed by atoms with E-state index in [2.05, 4.69) is 26.0 Å². The van der Waals surface area contributed by atoms with Gasteiger partial charge in [0.15, 0.2) is 5.69 Å². The molecule has 0 aliphatic heterocycles. The lowest BCUT2D eigenvalue weighted by molar-refractivity contribution is 0.0843. The van der Waals surface area contributed by atoms with Crippen LogP contribution in [-0.4, -0.2) is 27.0 Å². The lowest BCUT2D eigenvalue weighted by Crippen LogP contribution is -2.41. The number of nitrogens with one attached hydrogen (secondary N) is 3. The van der Waals surface area contributed by atoms with E-state index in [0.717, 1.165) is 12.1 Å². The average molecular weight is 294 g/mol. The summed E-state index contributed by atoms with van der Waals surface area (Å²) in [4.78, 5) is 27.2. The van der Waals surface area contributed by atoms with Crippen molar-refractivity contribution in [3.05, 3.63) is 46.5 Å². The Hall–Kier alpha value is -2.41. The number of rotatable bonds is 3. The maximum absolute atomic E-state index is 11.7. The summed E-state index contributed by atoms with van der Waals surface area (Å²) in [5, 5.41) is 6.83. The minimum Gasteiger partial charge on any atom is -0.282 e. The number of aromatic nitrogens is 3. The maximum atomic E-state index is 11.7. The molecular formula is C12H12ClN5O2. The van der Waals surface area contributed by atoms with Crippen molar-refractivity contribution in [2.45, 2.75) is 13.3 Å². The summed E-state index contributed by atoms with van der Waals surface area (Å²) in [5.74, 6) is -0.995. The molecule has 2 rings (SSSR count). The van der Waals surface area contributed by atoms with Gasteiger partial charge in [0, 0.05) is 11.9 Å². The highest BCUT2D eigenvalue weighted by molar-refractivity contribution is 6.29. The van der Waals surface area contributed by atoms with Gasteiger partial charge in [-0.3, -0.25) is 25.5 Å². The summed E-state index contributed by atoms with van der Waals surface area (Å²) in [6.07, 6.45) is 2.05. The van der Waals surface area contributed by atoms with Crippen LogP contribution in [0, 0.1) is 0 Å². The second kappa shape index (κ2) is 6.16. The van der Waals surface area contributed by atoms with Crippen LogP contribution in [0.1, 0.15) is 33.5 Å². The van der Waals surface area contributed by atoms with Gasteiger partial charge in [-0.05, 0) is 24.6 Å². The molecule has 0 fully saturated rings. The molecule has 0 aromatic carbocycles. The van der Waals surface area contributed by atoms with Gasteiger partial charge < -0.3 is 0 Å². The van der Waals surface area contributed by atoms with Gasteiger partial charge in [0.25, 0.3) is 11.8 Å². The number of H-pyrrole nitrogens is 1. The van der Waals surface area contributed by atoms with Crippen LogP contribution in [0.2, 0.25) is 5.15 Å². The molecule has 104 valence electrons. The van der Waals surface area contributed by atoms with Crippen LogP contribution in [0.4, 0.5) is 0 Å². The Morgan fingerprint density at radius 2 is 2.05 bits per heavy atom. The molecule has 0 radical (unpaired) electrons. The van der Waals surface area contributed by atoms with Crippen molar-refractivity contribution >= 4 is 23.4 Å². The van der Waals surface area contributed by atoms with E-state index in [1.807, 2.05) is 6.92 Å². The zero-order valence-electron chi connectivity index (χ0n) is 10.6. The van der Waals surface area contributed by atoms with Crippen molar-refractivity contribution < 1.29 is 9.59 Å². The van der Waals surface area contributed by atoms with Crippen LogP contribution in [-0.2, 0) is 6.42 Å². The van der Waals surface area contributed by atoms with Gasteiger partial charge in [0.05, 0.1) is 5.56 Å². The first-order valence-corrected chi connectivity index (χ1v) is 6.24. The first-order chi connectivity index (χ1) is 9.60. The molecule has 0 aliphatic rings. The minimum absolute atomic E-state index is 0.205. The second-order valence-electron chi connectivity index (χ2n) is 3.91. The number of aryl methyl sites for hydroxylation is 1. The topological polar surface area (TPSA) is 99.8 Å². The number of nitrogens with zero attached hydrogens (tertiary/aromatic N) is 2.